The summed E-state index contributed by atoms with van der Waals surface area (Å²) >= 11 is 0. The number of rotatable bonds is 0. The van der Waals surface area contributed by atoms with E-state index in [4.69, 9.17) is 5.11 Å². The van der Waals surface area contributed by atoms with E-state index in [0.29, 0.717) is 0 Å². The van der Waals surface area contributed by atoms with Crippen molar-refractivity contribution in [1.82, 2.24) is 0 Å². The van der Waals surface area contributed by atoms with Gasteiger partial charge in [-0.15, -0.1) is 0 Å². The fraction of sp³-hybridized carbons (Fsp3) is 0.750. The molecule has 0 aliphatic carbocycles. The second kappa shape index (κ2) is 9.63. The maximum Gasteiger partial charge on any atom is 0.321 e. The summed E-state index contributed by atoms with van der Waals surface area (Å²) in [5.74, 6) is 3.85. The summed E-state index contributed by atoms with van der Waals surface area (Å²) in [4.78, 5) is 13.1. The van der Waals surface area contributed by atoms with E-state index in [2.05, 4.69) is 10.7 Å². The molecule has 0 aromatic carbocycles. The highest BCUT2D eigenvalue weighted by Gasteiger charge is 1.77. The lowest BCUT2D eigenvalue weighted by atomic mass is 10.8. The molecule has 0 aromatic rings. The van der Waals surface area contributed by atoms with E-state index in [0.717, 1.165) is 0 Å². The lowest BCUT2D eigenvalue weighted by molar-refractivity contribution is -0.141. The Balaban J connectivity index is 0. The van der Waals surface area contributed by atoms with Crippen LogP contribution in [0.2, 0.25) is 0 Å². The molecule has 0 unspecified atom stereocenters. The molecular formula is C4H11NO3. The number of aliphatic hydroxyl groups is 1. The Bertz CT molecular complexity index is 55.2. The van der Waals surface area contributed by atoms with Crippen LogP contribution in [0.4, 0.5) is 0 Å². The minimum absolute atomic E-state index is 0.250. The zero-order chi connectivity index (χ0) is 6.99. The van der Waals surface area contributed by atoms with Gasteiger partial charge in [-0.05, 0) is 6.92 Å². The molecule has 0 heterocycles. The minimum atomic E-state index is -0.468. The van der Waals surface area contributed by atoms with Gasteiger partial charge in [0.1, 0.15) is 0 Å². The second-order valence-electron chi connectivity index (χ2n) is 0.926. The molecule has 0 rings (SSSR count). The molecule has 0 saturated carbocycles. The zero-order valence-corrected chi connectivity index (χ0v) is 5.05. The lowest BCUT2D eigenvalue weighted by Crippen LogP contribution is -2.03. The van der Waals surface area contributed by atoms with Crippen LogP contribution in [0.15, 0.2) is 0 Å². The van der Waals surface area contributed by atoms with E-state index in [1.54, 1.807) is 6.92 Å². The summed E-state index contributed by atoms with van der Waals surface area (Å²) in [5, 5.41) is 7.57. The van der Waals surface area contributed by atoms with Gasteiger partial charge in [0, 0.05) is 13.5 Å². The van der Waals surface area contributed by atoms with E-state index in [9.17, 15) is 4.79 Å². The van der Waals surface area contributed by atoms with Crippen molar-refractivity contribution in [1.29, 1.82) is 0 Å². The Morgan fingerprint density at radius 1 is 1.88 bits per heavy atom. The molecule has 0 aliphatic heterocycles. The molecule has 50 valence electrons. The number of aliphatic hydroxyl groups excluding tert-OH is 1. The van der Waals surface area contributed by atoms with E-state index >= 15 is 0 Å². The minimum Gasteiger partial charge on any atom is -0.397 e. The number of hydrogen-bond acceptors (Lipinski definition) is 4. The van der Waals surface area contributed by atoms with Crippen molar-refractivity contribution >= 4 is 5.97 Å². The standard InChI is InChI=1S/C2H5NO2.C2H6O/c1-2(4)5-3;1-2-3/h3H2,1H3;3H,2H2,1H3. The van der Waals surface area contributed by atoms with Gasteiger partial charge in [-0.2, -0.15) is 5.90 Å². The van der Waals surface area contributed by atoms with E-state index < -0.39 is 5.97 Å². The quantitative estimate of drug-likeness (QED) is 0.420. The van der Waals surface area contributed by atoms with Crippen molar-refractivity contribution in [2.75, 3.05) is 6.61 Å². The first-order valence-corrected chi connectivity index (χ1v) is 2.17. The van der Waals surface area contributed by atoms with Crippen LogP contribution in [-0.2, 0) is 9.63 Å². The average molecular weight is 121 g/mol. The number of carbonyl (C=O) groups is 1. The van der Waals surface area contributed by atoms with Crippen molar-refractivity contribution in [3.05, 3.63) is 0 Å². The Morgan fingerprint density at radius 3 is 2.00 bits per heavy atom. The highest BCUT2D eigenvalue weighted by atomic mass is 16.7. The molecule has 0 amide bonds. The van der Waals surface area contributed by atoms with Gasteiger partial charge >= 0.3 is 5.97 Å². The monoisotopic (exact) mass is 121 g/mol. The number of carbonyl (C=O) groups excluding carboxylic acids is 1. The molecule has 0 spiro atoms. The van der Waals surface area contributed by atoms with E-state index in [1.165, 1.54) is 6.92 Å². The molecule has 4 nitrogen and oxygen atoms in total. The van der Waals surface area contributed by atoms with Gasteiger partial charge in [0.2, 0.25) is 0 Å². The predicted octanol–water partition coefficient (Wildman–Crippen LogP) is -0.578. The molecule has 4 heteroatoms. The van der Waals surface area contributed by atoms with Crippen molar-refractivity contribution in [3.63, 3.8) is 0 Å². The normalized spacial score (nSPS) is 6.50. The summed E-state index contributed by atoms with van der Waals surface area (Å²) in [6.45, 7) is 3.17. The van der Waals surface area contributed by atoms with Crippen molar-refractivity contribution < 1.29 is 14.7 Å². The summed E-state index contributed by atoms with van der Waals surface area (Å²) in [6.07, 6.45) is 0. The van der Waals surface area contributed by atoms with Crippen LogP contribution in [0.5, 0.6) is 0 Å². The highest BCUT2D eigenvalue weighted by molar-refractivity contribution is 5.65. The van der Waals surface area contributed by atoms with Gasteiger partial charge in [-0.25, -0.2) is 0 Å². The van der Waals surface area contributed by atoms with Crippen molar-refractivity contribution in [3.8, 4) is 0 Å². The van der Waals surface area contributed by atoms with Crippen LogP contribution in [0.3, 0.4) is 0 Å². The molecule has 0 atom stereocenters. The van der Waals surface area contributed by atoms with Gasteiger partial charge in [0.25, 0.3) is 0 Å². The second-order valence-corrected chi connectivity index (χ2v) is 0.926. The third-order valence-electron chi connectivity index (χ3n) is 0.166. The Labute approximate surface area is 48.2 Å². The van der Waals surface area contributed by atoms with Crippen LogP contribution in [0.1, 0.15) is 13.8 Å². The van der Waals surface area contributed by atoms with Crippen LogP contribution >= 0.6 is 0 Å². The van der Waals surface area contributed by atoms with Crippen molar-refractivity contribution in [2.24, 2.45) is 5.90 Å². The van der Waals surface area contributed by atoms with Crippen molar-refractivity contribution in [2.45, 2.75) is 13.8 Å². The largest absolute Gasteiger partial charge is 0.397 e. The molecule has 0 aliphatic rings. The molecule has 3 N–H and O–H groups in total. The zero-order valence-electron chi connectivity index (χ0n) is 5.05. The maximum absolute atomic E-state index is 9.47. The third kappa shape index (κ3) is 53.8. The maximum atomic E-state index is 9.47. The fourth-order valence-electron chi connectivity index (χ4n) is 0. The molecular weight excluding hydrogens is 110 g/mol. The first-order valence-electron chi connectivity index (χ1n) is 2.17. The lowest BCUT2D eigenvalue weighted by Gasteiger charge is -1.79. The van der Waals surface area contributed by atoms with Gasteiger partial charge in [-0.1, -0.05) is 0 Å². The Morgan fingerprint density at radius 2 is 2.00 bits per heavy atom. The topological polar surface area (TPSA) is 72.5 Å². The first kappa shape index (κ1) is 10.4. The van der Waals surface area contributed by atoms with Gasteiger partial charge in [-0.3, -0.25) is 4.79 Å². The Hall–Kier alpha value is -0.610. The molecule has 0 saturated heterocycles. The predicted molar refractivity (Wildman–Crippen MR) is 28.7 cm³/mol. The summed E-state index contributed by atoms with van der Waals surface area (Å²) in [7, 11) is 0. The summed E-state index contributed by atoms with van der Waals surface area (Å²) in [5.41, 5.74) is 0. The molecule has 8 heavy (non-hydrogen) atoms. The molecule has 0 aromatic heterocycles. The number of hydrogen-bond donors (Lipinski definition) is 2. The van der Waals surface area contributed by atoms with E-state index in [-0.39, 0.29) is 6.61 Å². The fourth-order valence-corrected chi connectivity index (χ4v) is 0. The molecule has 0 bridgehead atoms. The third-order valence-corrected chi connectivity index (χ3v) is 0.166. The average Bonchev–Trinajstić information content (AvgIpc) is 1.69. The summed E-state index contributed by atoms with van der Waals surface area (Å²) < 4.78 is 0. The van der Waals surface area contributed by atoms with Crippen LogP contribution in [0.25, 0.3) is 0 Å². The Kier molecular flexibility index (Phi) is 12.5. The van der Waals surface area contributed by atoms with Crippen LogP contribution in [0, 0.1) is 0 Å². The summed E-state index contributed by atoms with van der Waals surface area (Å²) in [6, 6.07) is 0. The van der Waals surface area contributed by atoms with Crippen LogP contribution in [-0.4, -0.2) is 17.7 Å². The highest BCUT2D eigenvalue weighted by Crippen LogP contribution is 1.55. The van der Waals surface area contributed by atoms with Gasteiger partial charge in [0.15, 0.2) is 0 Å². The van der Waals surface area contributed by atoms with E-state index in [1.807, 2.05) is 0 Å². The molecule has 0 radical (unpaired) electrons. The van der Waals surface area contributed by atoms with Gasteiger partial charge < -0.3 is 9.94 Å². The SMILES string of the molecule is CC(=O)ON.CCO. The molecule has 0 fully saturated rings. The first-order chi connectivity index (χ1) is 3.68. The van der Waals surface area contributed by atoms with Crippen LogP contribution < -0.4 is 5.90 Å². The number of nitrogens with two attached hydrogens (primary N) is 1. The van der Waals surface area contributed by atoms with Gasteiger partial charge in [0.05, 0.1) is 0 Å². The smallest absolute Gasteiger partial charge is 0.321 e.